The Hall–Kier alpha value is 0.326. The summed E-state index contributed by atoms with van der Waals surface area (Å²) in [5.74, 6) is -52.3. The third kappa shape index (κ3) is 7.39. The Morgan fingerprint density at radius 3 is 0.895 bits per heavy atom. The number of halogens is 22. The molecule has 0 rings (SSSR count). The molecular formula is C10HClF21KO4S. The number of hydrogen-bond donors (Lipinski definition) is 1. The van der Waals surface area contributed by atoms with Gasteiger partial charge in [0.2, 0.25) is 0 Å². The van der Waals surface area contributed by atoms with E-state index >= 15 is 0 Å². The van der Waals surface area contributed by atoms with Crippen LogP contribution >= 0.6 is 11.6 Å². The minimum Gasteiger partial charge on any atom is -0.439 e. The van der Waals surface area contributed by atoms with Crippen LogP contribution in [0, 0.1) is 0 Å². The quantitative estimate of drug-likeness (QED) is 0.0987. The second-order valence-corrected chi connectivity index (χ2v) is 6.70. The van der Waals surface area contributed by atoms with Crippen LogP contribution in [0.5, 0.6) is 0 Å². The molecular weight excluding hydrogens is 690 g/mol. The van der Waals surface area contributed by atoms with Crippen molar-refractivity contribution in [1.82, 2.24) is 0 Å². The fraction of sp³-hybridized carbons (Fsp3) is 1.00. The first-order chi connectivity index (χ1) is 15.4. The molecule has 1 N–H and O–H groups in total. The van der Waals surface area contributed by atoms with Crippen molar-refractivity contribution in [3.05, 3.63) is 0 Å². The molecule has 28 heteroatoms. The van der Waals surface area contributed by atoms with Gasteiger partial charge in [-0.15, -0.1) is 0 Å². The molecule has 0 fully saturated rings. The van der Waals surface area contributed by atoms with Gasteiger partial charge in [-0.25, -0.2) is 4.74 Å². The zero-order valence-electron chi connectivity index (χ0n) is 16.4. The van der Waals surface area contributed by atoms with E-state index in [0.717, 1.165) is 4.74 Å². The van der Waals surface area contributed by atoms with E-state index in [4.69, 9.17) is 13.0 Å². The molecule has 0 spiro atoms. The fourth-order valence-electron chi connectivity index (χ4n) is 1.43. The summed E-state index contributed by atoms with van der Waals surface area (Å²) >= 11 is 3.25. The summed E-state index contributed by atoms with van der Waals surface area (Å²) in [6, 6.07) is 0. The molecule has 38 heavy (non-hydrogen) atoms. The Morgan fingerprint density at radius 1 is 0.474 bits per heavy atom. The molecule has 0 aliphatic rings. The molecule has 0 aliphatic carbocycles. The van der Waals surface area contributed by atoms with Gasteiger partial charge in [-0.1, -0.05) is 0 Å². The summed E-state index contributed by atoms with van der Waals surface area (Å²) in [4.78, 5) is 0. The van der Waals surface area contributed by atoms with Crippen molar-refractivity contribution in [3.63, 3.8) is 0 Å². The van der Waals surface area contributed by atoms with Crippen molar-refractivity contribution in [3.8, 4) is 0 Å². The Bertz CT molecular complexity index is 870. The van der Waals surface area contributed by atoms with E-state index < -0.39 is 70.3 Å². The minimum atomic E-state index is -9.03. The summed E-state index contributed by atoms with van der Waals surface area (Å²) in [5, 5.41) is -7.03. The van der Waals surface area contributed by atoms with Gasteiger partial charge >= 0.3 is 111 Å². The molecule has 0 aromatic heterocycles. The van der Waals surface area contributed by atoms with E-state index in [1.54, 1.807) is 0 Å². The van der Waals surface area contributed by atoms with Crippen molar-refractivity contribution in [2.45, 2.75) is 59.3 Å². The van der Waals surface area contributed by atoms with Crippen LogP contribution in [0.2, 0.25) is 0 Å². The molecule has 0 bridgehead atoms. The maximum absolute atomic E-state index is 13.2. The van der Waals surface area contributed by atoms with Gasteiger partial charge in [0.25, 0.3) is 0 Å². The van der Waals surface area contributed by atoms with Crippen LogP contribution in [-0.2, 0) is 24.1 Å². The van der Waals surface area contributed by atoms with E-state index in [2.05, 4.69) is 11.6 Å². The van der Waals surface area contributed by atoms with Gasteiger partial charge in [0, 0.05) is 11.0 Å². The van der Waals surface area contributed by atoms with Gasteiger partial charge < -0.3 is 13.0 Å². The SMILES string of the molecule is FC(F)(F)C(F)(F)OC(F)(F)C(F)(F)C(F)(F)C(F)(F)C(F)(F)C(F)(F)C(F)(F)C(F)(F)Cl.O=[S-](=O)O.[K+]. The van der Waals surface area contributed by atoms with Gasteiger partial charge in [0.15, 0.2) is 0 Å². The van der Waals surface area contributed by atoms with E-state index in [0.29, 0.717) is 0 Å². The maximum Gasteiger partial charge on any atom is 1.00 e. The van der Waals surface area contributed by atoms with Crippen LogP contribution in [0.15, 0.2) is 0 Å². The van der Waals surface area contributed by atoms with Crippen LogP contribution in [-0.4, -0.2) is 63.9 Å². The summed E-state index contributed by atoms with van der Waals surface area (Å²) < 4.78 is 292. The van der Waals surface area contributed by atoms with Crippen LogP contribution in [0.3, 0.4) is 0 Å². The van der Waals surface area contributed by atoms with Crippen molar-refractivity contribution in [2.24, 2.45) is 0 Å². The van der Waals surface area contributed by atoms with Crippen molar-refractivity contribution in [2.75, 3.05) is 0 Å². The Kier molecular flexibility index (Phi) is 13.4. The predicted octanol–water partition coefficient (Wildman–Crippen LogP) is 4.17. The van der Waals surface area contributed by atoms with Gasteiger partial charge in [-0.3, -0.25) is 0 Å². The first-order valence-electron chi connectivity index (χ1n) is 7.08. The predicted molar refractivity (Wildman–Crippen MR) is 68.9 cm³/mol. The standard InChI is InChI=1S/C10ClF21O.K.HO3S/c11-7(24,25)5(20,21)3(16,17)1(12,13)2(14,15)4(18,19)6(22,23)9(29,30)33-10(31,32)8(26,27)28;;1-4(2)3/h;;(H,1,2,3)/q;+1;-1. The summed E-state index contributed by atoms with van der Waals surface area (Å²) in [7, 11) is -2.86. The average Bonchev–Trinajstić information content (AvgIpc) is 2.57. The summed E-state index contributed by atoms with van der Waals surface area (Å²) in [6.07, 6.45) is -23.4. The van der Waals surface area contributed by atoms with Crippen LogP contribution in [0.4, 0.5) is 92.2 Å². The molecule has 0 saturated heterocycles. The number of ether oxygens (including phenoxy) is 1. The van der Waals surface area contributed by atoms with Gasteiger partial charge in [0.05, 0.1) is 0 Å². The van der Waals surface area contributed by atoms with Gasteiger partial charge in [0.1, 0.15) is 0 Å². The minimum absolute atomic E-state index is 0. The summed E-state index contributed by atoms with van der Waals surface area (Å²) in [5.41, 5.74) is 0. The topological polar surface area (TPSA) is 63.6 Å². The third-order valence-electron chi connectivity index (χ3n) is 3.28. The van der Waals surface area contributed by atoms with Crippen molar-refractivity contribution < 1.29 is 161 Å². The number of rotatable bonds is 9. The van der Waals surface area contributed by atoms with Crippen LogP contribution < -0.4 is 51.4 Å². The average molecular weight is 691 g/mol. The monoisotopic (exact) mass is 690 g/mol. The van der Waals surface area contributed by atoms with E-state index in [1.165, 1.54) is 0 Å². The van der Waals surface area contributed by atoms with Crippen LogP contribution in [0.25, 0.3) is 0 Å². The molecule has 226 valence electrons. The molecule has 0 aromatic carbocycles. The van der Waals surface area contributed by atoms with Gasteiger partial charge in [-0.05, 0) is 11.6 Å². The second-order valence-electron chi connectivity index (χ2n) is 5.79. The first-order valence-corrected chi connectivity index (χ1v) is 8.49. The van der Waals surface area contributed by atoms with E-state index in [-0.39, 0.29) is 51.4 Å². The molecule has 0 atom stereocenters. The zero-order chi connectivity index (χ0) is 31.3. The summed E-state index contributed by atoms with van der Waals surface area (Å²) in [6.45, 7) is 0. The normalized spacial score (nSPS) is 15.6. The van der Waals surface area contributed by atoms with Crippen molar-refractivity contribution in [1.29, 1.82) is 0 Å². The van der Waals surface area contributed by atoms with Crippen molar-refractivity contribution >= 4 is 22.6 Å². The molecule has 0 aliphatic heterocycles. The first kappa shape index (κ1) is 42.8. The molecule has 4 nitrogen and oxygen atoms in total. The molecule has 0 aromatic rings. The maximum atomic E-state index is 13.2. The smallest absolute Gasteiger partial charge is 0.439 e. The molecule has 0 saturated carbocycles. The van der Waals surface area contributed by atoms with Crippen LogP contribution in [0.1, 0.15) is 0 Å². The second kappa shape index (κ2) is 11.9. The number of alkyl halides is 22. The Labute approximate surface area is 242 Å². The molecule has 0 amide bonds. The third-order valence-corrected chi connectivity index (χ3v) is 3.52. The Balaban J connectivity index is -0.00000227. The molecule has 0 heterocycles. The Morgan fingerprint density at radius 2 is 0.684 bits per heavy atom. The fourth-order valence-corrected chi connectivity index (χ4v) is 1.55. The largest absolute Gasteiger partial charge is 1.00 e. The van der Waals surface area contributed by atoms with Gasteiger partial charge in [-0.2, -0.15) is 92.2 Å². The van der Waals surface area contributed by atoms with E-state index in [1.807, 2.05) is 0 Å². The zero-order valence-corrected chi connectivity index (χ0v) is 21.1. The molecule has 0 radical (unpaired) electrons. The van der Waals surface area contributed by atoms with E-state index in [9.17, 15) is 92.2 Å². The molecule has 0 unspecified atom stereocenters. The number of hydrogen-bond acceptors (Lipinski definition) is 4.